The second-order valence-electron chi connectivity index (χ2n) is 2.91. The lowest BCUT2D eigenvalue weighted by Gasteiger charge is -2.04. The zero-order valence-corrected chi connectivity index (χ0v) is 9.52. The molecule has 13 heavy (non-hydrogen) atoms. The third-order valence-corrected chi connectivity index (χ3v) is 2.28. The van der Waals surface area contributed by atoms with Crippen LogP contribution in [0.5, 0.6) is 0 Å². The SMILES string of the molecule is O[C@H](/C=C/I)CCc1ccccc1. The van der Waals surface area contributed by atoms with Gasteiger partial charge >= 0.3 is 0 Å². The van der Waals surface area contributed by atoms with Gasteiger partial charge in [0.1, 0.15) is 0 Å². The van der Waals surface area contributed by atoms with Crippen LogP contribution >= 0.6 is 22.6 Å². The fourth-order valence-corrected chi connectivity index (χ4v) is 1.62. The third-order valence-electron chi connectivity index (χ3n) is 1.87. The quantitative estimate of drug-likeness (QED) is 0.845. The Balaban J connectivity index is 2.35. The maximum absolute atomic E-state index is 9.42. The number of aryl methyl sites for hydroxylation is 1. The first kappa shape index (κ1) is 10.7. The van der Waals surface area contributed by atoms with Crippen molar-refractivity contribution < 1.29 is 5.11 Å². The molecule has 0 aliphatic rings. The van der Waals surface area contributed by atoms with Gasteiger partial charge in [-0.3, -0.25) is 0 Å². The monoisotopic (exact) mass is 288 g/mol. The zero-order chi connectivity index (χ0) is 9.52. The van der Waals surface area contributed by atoms with E-state index >= 15 is 0 Å². The molecule has 70 valence electrons. The minimum atomic E-state index is -0.308. The van der Waals surface area contributed by atoms with Crippen LogP contribution in [0.25, 0.3) is 0 Å². The Hall–Kier alpha value is -0.350. The first-order valence-electron chi connectivity index (χ1n) is 4.32. The van der Waals surface area contributed by atoms with E-state index in [9.17, 15) is 5.11 Å². The fourth-order valence-electron chi connectivity index (χ4n) is 1.14. The Bertz CT molecular complexity index is 256. The summed E-state index contributed by atoms with van der Waals surface area (Å²) >= 11 is 2.12. The van der Waals surface area contributed by atoms with Crippen molar-refractivity contribution in [3.63, 3.8) is 0 Å². The van der Waals surface area contributed by atoms with E-state index in [0.29, 0.717) is 0 Å². The average molecular weight is 288 g/mol. The highest BCUT2D eigenvalue weighted by atomic mass is 127. The standard InChI is InChI=1S/C11H13IO/c12-9-8-11(13)7-6-10-4-2-1-3-5-10/h1-5,8-9,11,13H,6-7H2/b9-8+/t11-/m0/s1. The molecule has 1 aromatic carbocycles. The van der Waals surface area contributed by atoms with E-state index in [2.05, 4.69) is 34.7 Å². The second-order valence-corrected chi connectivity index (χ2v) is 3.63. The maximum atomic E-state index is 9.42. The molecular weight excluding hydrogens is 275 g/mol. The van der Waals surface area contributed by atoms with Crippen molar-refractivity contribution in [3.05, 3.63) is 46.1 Å². The van der Waals surface area contributed by atoms with Crippen molar-refractivity contribution in [2.75, 3.05) is 0 Å². The van der Waals surface area contributed by atoms with Gasteiger partial charge in [0.25, 0.3) is 0 Å². The summed E-state index contributed by atoms with van der Waals surface area (Å²) in [4.78, 5) is 0. The van der Waals surface area contributed by atoms with E-state index in [1.807, 2.05) is 28.4 Å². The van der Waals surface area contributed by atoms with Crippen LogP contribution in [0.4, 0.5) is 0 Å². The molecule has 0 amide bonds. The van der Waals surface area contributed by atoms with Gasteiger partial charge in [-0.2, -0.15) is 0 Å². The highest BCUT2D eigenvalue weighted by molar-refractivity contribution is 14.1. The maximum Gasteiger partial charge on any atom is 0.0731 e. The number of benzene rings is 1. The summed E-state index contributed by atoms with van der Waals surface area (Å²) in [5.74, 6) is 0. The van der Waals surface area contributed by atoms with E-state index < -0.39 is 0 Å². The predicted octanol–water partition coefficient (Wildman–Crippen LogP) is 2.93. The van der Waals surface area contributed by atoms with Crippen molar-refractivity contribution in [2.45, 2.75) is 18.9 Å². The van der Waals surface area contributed by atoms with Crippen molar-refractivity contribution in [3.8, 4) is 0 Å². The van der Waals surface area contributed by atoms with Crippen LogP contribution in [-0.2, 0) is 6.42 Å². The lowest BCUT2D eigenvalue weighted by Crippen LogP contribution is -2.03. The van der Waals surface area contributed by atoms with Crippen LogP contribution < -0.4 is 0 Å². The van der Waals surface area contributed by atoms with Crippen LogP contribution in [0.1, 0.15) is 12.0 Å². The predicted molar refractivity (Wildman–Crippen MR) is 63.9 cm³/mol. The smallest absolute Gasteiger partial charge is 0.0731 e. The first-order valence-corrected chi connectivity index (χ1v) is 5.56. The second kappa shape index (κ2) is 6.16. The van der Waals surface area contributed by atoms with Gasteiger partial charge in [-0.15, -0.1) is 0 Å². The molecule has 1 aromatic rings. The number of aliphatic hydroxyl groups is 1. The minimum absolute atomic E-state index is 0.308. The summed E-state index contributed by atoms with van der Waals surface area (Å²) in [5, 5.41) is 9.42. The molecule has 0 saturated heterocycles. The molecule has 0 bridgehead atoms. The molecule has 1 rings (SSSR count). The normalized spacial score (nSPS) is 13.4. The Labute approximate surface area is 92.6 Å². The van der Waals surface area contributed by atoms with Gasteiger partial charge in [-0.1, -0.05) is 59.0 Å². The fraction of sp³-hybridized carbons (Fsp3) is 0.273. The molecule has 0 aliphatic heterocycles. The minimum Gasteiger partial charge on any atom is -0.389 e. The van der Waals surface area contributed by atoms with Crippen LogP contribution in [0.2, 0.25) is 0 Å². The molecule has 0 aromatic heterocycles. The van der Waals surface area contributed by atoms with E-state index in [1.165, 1.54) is 5.56 Å². The van der Waals surface area contributed by atoms with Crippen LogP contribution in [-0.4, -0.2) is 11.2 Å². The largest absolute Gasteiger partial charge is 0.389 e. The van der Waals surface area contributed by atoms with Gasteiger partial charge in [0.2, 0.25) is 0 Å². The van der Waals surface area contributed by atoms with Gasteiger partial charge < -0.3 is 5.11 Å². The highest BCUT2D eigenvalue weighted by Crippen LogP contribution is 2.06. The Morgan fingerprint density at radius 1 is 1.31 bits per heavy atom. The van der Waals surface area contributed by atoms with Gasteiger partial charge in [0.05, 0.1) is 6.10 Å². The molecule has 0 saturated carbocycles. The average Bonchev–Trinajstić information content (AvgIpc) is 2.17. The number of hydrogen-bond acceptors (Lipinski definition) is 1. The number of aliphatic hydroxyl groups excluding tert-OH is 1. The summed E-state index contributed by atoms with van der Waals surface area (Å²) in [6.45, 7) is 0. The molecule has 0 heterocycles. The molecular formula is C11H13IO. The van der Waals surface area contributed by atoms with E-state index in [4.69, 9.17) is 0 Å². The molecule has 0 unspecified atom stereocenters. The zero-order valence-electron chi connectivity index (χ0n) is 7.36. The van der Waals surface area contributed by atoms with Crippen molar-refractivity contribution in [1.82, 2.24) is 0 Å². The first-order chi connectivity index (χ1) is 6.33. The van der Waals surface area contributed by atoms with Crippen molar-refractivity contribution in [2.24, 2.45) is 0 Å². The van der Waals surface area contributed by atoms with Gasteiger partial charge in [-0.05, 0) is 22.5 Å². The highest BCUT2D eigenvalue weighted by Gasteiger charge is 1.98. The Kier molecular flexibility index (Phi) is 5.08. The van der Waals surface area contributed by atoms with Gasteiger partial charge in [0, 0.05) is 0 Å². The summed E-state index contributed by atoms with van der Waals surface area (Å²) in [6.07, 6.45) is 3.23. The summed E-state index contributed by atoms with van der Waals surface area (Å²) in [5.41, 5.74) is 1.28. The third kappa shape index (κ3) is 4.43. The molecule has 1 nitrogen and oxygen atoms in total. The summed E-state index contributed by atoms with van der Waals surface area (Å²) < 4.78 is 1.85. The van der Waals surface area contributed by atoms with Crippen LogP contribution in [0.15, 0.2) is 40.5 Å². The molecule has 0 radical (unpaired) electrons. The lowest BCUT2D eigenvalue weighted by atomic mass is 10.1. The molecule has 1 atom stereocenters. The van der Waals surface area contributed by atoms with Gasteiger partial charge in [0.15, 0.2) is 0 Å². The van der Waals surface area contributed by atoms with E-state index in [-0.39, 0.29) is 6.10 Å². The van der Waals surface area contributed by atoms with E-state index in [1.54, 1.807) is 0 Å². The molecule has 0 fully saturated rings. The topological polar surface area (TPSA) is 20.2 Å². The molecule has 2 heteroatoms. The summed E-state index contributed by atoms with van der Waals surface area (Å²) in [6, 6.07) is 10.2. The van der Waals surface area contributed by atoms with Crippen LogP contribution in [0, 0.1) is 0 Å². The number of hydrogen-bond donors (Lipinski definition) is 1. The molecule has 1 N–H and O–H groups in total. The summed E-state index contributed by atoms with van der Waals surface area (Å²) in [7, 11) is 0. The van der Waals surface area contributed by atoms with Crippen molar-refractivity contribution >= 4 is 22.6 Å². The number of rotatable bonds is 4. The van der Waals surface area contributed by atoms with E-state index in [0.717, 1.165) is 12.8 Å². The molecule has 0 spiro atoms. The van der Waals surface area contributed by atoms with Gasteiger partial charge in [-0.25, -0.2) is 0 Å². The molecule has 0 aliphatic carbocycles. The number of halogens is 1. The lowest BCUT2D eigenvalue weighted by molar-refractivity contribution is 0.213. The van der Waals surface area contributed by atoms with Crippen LogP contribution in [0.3, 0.4) is 0 Å². The van der Waals surface area contributed by atoms with Crippen molar-refractivity contribution in [1.29, 1.82) is 0 Å². The Morgan fingerprint density at radius 3 is 2.62 bits per heavy atom. The Morgan fingerprint density at radius 2 is 2.00 bits per heavy atom.